The average Bonchev–Trinajstić information content (AvgIpc) is 2.64. The predicted molar refractivity (Wildman–Crippen MR) is 67.9 cm³/mol. The first-order chi connectivity index (χ1) is 7.27. The van der Waals surface area contributed by atoms with Gasteiger partial charge in [0.2, 0.25) is 0 Å². The van der Waals surface area contributed by atoms with Gasteiger partial charge < -0.3 is 0 Å². The van der Waals surface area contributed by atoms with Gasteiger partial charge in [-0.25, -0.2) is 0 Å². The summed E-state index contributed by atoms with van der Waals surface area (Å²) >= 11 is 2.04. The molecule has 1 aromatic heterocycles. The lowest BCUT2D eigenvalue weighted by Crippen LogP contribution is -1.98. The van der Waals surface area contributed by atoms with Crippen molar-refractivity contribution in [2.75, 3.05) is 0 Å². The van der Waals surface area contributed by atoms with Gasteiger partial charge in [-0.05, 0) is 61.6 Å². The van der Waals surface area contributed by atoms with Gasteiger partial charge in [0.25, 0.3) is 0 Å². The third kappa shape index (κ3) is 1.33. The molecule has 1 aliphatic carbocycles. The van der Waals surface area contributed by atoms with Crippen molar-refractivity contribution in [2.24, 2.45) is 0 Å². The topological polar surface area (TPSA) is 0 Å². The van der Waals surface area contributed by atoms with Crippen LogP contribution in [0.2, 0.25) is 0 Å². The van der Waals surface area contributed by atoms with Gasteiger partial charge in [0, 0.05) is 9.58 Å². The lowest BCUT2D eigenvalue weighted by atomic mass is 9.94. The summed E-state index contributed by atoms with van der Waals surface area (Å²) in [6.45, 7) is 4.49. The van der Waals surface area contributed by atoms with Gasteiger partial charge in [0.05, 0.1) is 0 Å². The SMILES string of the molecule is Cc1ccc(C)c2c3c(sc12)CCCC3. The third-order valence-corrected chi connectivity index (χ3v) is 4.93. The van der Waals surface area contributed by atoms with E-state index in [-0.39, 0.29) is 0 Å². The third-order valence-electron chi connectivity index (χ3n) is 3.51. The van der Waals surface area contributed by atoms with E-state index in [2.05, 4.69) is 26.0 Å². The van der Waals surface area contributed by atoms with Gasteiger partial charge in [0.15, 0.2) is 0 Å². The van der Waals surface area contributed by atoms with Gasteiger partial charge in [-0.15, -0.1) is 11.3 Å². The minimum Gasteiger partial charge on any atom is -0.140 e. The Morgan fingerprint density at radius 1 is 1.00 bits per heavy atom. The molecule has 15 heavy (non-hydrogen) atoms. The summed E-state index contributed by atoms with van der Waals surface area (Å²) in [6, 6.07) is 4.54. The minimum atomic E-state index is 1.31. The molecule has 0 amide bonds. The maximum Gasteiger partial charge on any atom is 0.0380 e. The molecule has 0 fully saturated rings. The highest BCUT2D eigenvalue weighted by Gasteiger charge is 2.17. The van der Waals surface area contributed by atoms with Crippen LogP contribution in [0, 0.1) is 13.8 Å². The summed E-state index contributed by atoms with van der Waals surface area (Å²) in [7, 11) is 0. The van der Waals surface area contributed by atoms with Crippen LogP contribution in [0.5, 0.6) is 0 Å². The molecule has 1 heterocycles. The average molecular weight is 216 g/mol. The summed E-state index contributed by atoms with van der Waals surface area (Å²) in [5, 5.41) is 1.58. The Balaban J connectivity index is 2.41. The Kier molecular flexibility index (Phi) is 2.10. The smallest absolute Gasteiger partial charge is 0.0380 e. The van der Waals surface area contributed by atoms with E-state index in [1.165, 1.54) is 36.8 Å². The number of fused-ring (bicyclic) bond motifs is 3. The molecule has 0 spiro atoms. The Bertz CT molecular complexity index is 520. The molecule has 1 aliphatic rings. The minimum absolute atomic E-state index is 1.31. The normalized spacial score (nSPS) is 15.6. The fourth-order valence-electron chi connectivity index (χ4n) is 2.67. The van der Waals surface area contributed by atoms with E-state index in [4.69, 9.17) is 0 Å². The summed E-state index contributed by atoms with van der Waals surface area (Å²) < 4.78 is 1.54. The van der Waals surface area contributed by atoms with Crippen LogP contribution in [0.15, 0.2) is 12.1 Å². The number of hydrogen-bond donors (Lipinski definition) is 0. The number of hydrogen-bond acceptors (Lipinski definition) is 1. The summed E-state index contributed by atoms with van der Waals surface area (Å²) in [6.07, 6.45) is 5.39. The summed E-state index contributed by atoms with van der Waals surface area (Å²) in [4.78, 5) is 1.66. The van der Waals surface area contributed by atoms with E-state index in [0.717, 1.165) is 0 Å². The number of rotatable bonds is 0. The van der Waals surface area contributed by atoms with Crippen molar-refractivity contribution in [2.45, 2.75) is 39.5 Å². The van der Waals surface area contributed by atoms with Crippen LogP contribution in [0.3, 0.4) is 0 Å². The largest absolute Gasteiger partial charge is 0.140 e. The van der Waals surface area contributed by atoms with E-state index in [1.807, 2.05) is 11.3 Å². The Morgan fingerprint density at radius 3 is 2.60 bits per heavy atom. The highest BCUT2D eigenvalue weighted by molar-refractivity contribution is 7.19. The lowest BCUT2D eigenvalue weighted by Gasteiger charge is -2.11. The van der Waals surface area contributed by atoms with Crippen LogP contribution in [0.1, 0.15) is 34.4 Å². The molecule has 0 saturated heterocycles. The Hall–Kier alpha value is -0.820. The Morgan fingerprint density at radius 2 is 1.73 bits per heavy atom. The first kappa shape index (κ1) is 9.41. The molecule has 0 N–H and O–H groups in total. The monoisotopic (exact) mass is 216 g/mol. The summed E-state index contributed by atoms with van der Waals surface area (Å²) in [5.41, 5.74) is 4.59. The van der Waals surface area contributed by atoms with E-state index >= 15 is 0 Å². The van der Waals surface area contributed by atoms with E-state index in [9.17, 15) is 0 Å². The maximum absolute atomic E-state index is 2.28. The second kappa shape index (κ2) is 3.34. The maximum atomic E-state index is 2.28. The van der Waals surface area contributed by atoms with Crippen molar-refractivity contribution in [3.8, 4) is 0 Å². The standard InChI is InChI=1S/C14H16S/c1-9-7-8-10(2)14-13(9)11-5-3-4-6-12(11)15-14/h7-8H,3-6H2,1-2H3. The van der Waals surface area contributed by atoms with Crippen LogP contribution < -0.4 is 0 Å². The molecule has 0 atom stereocenters. The quantitative estimate of drug-likeness (QED) is 0.612. The van der Waals surface area contributed by atoms with Gasteiger partial charge in [0.1, 0.15) is 0 Å². The molecule has 0 nitrogen and oxygen atoms in total. The van der Waals surface area contributed by atoms with Crippen molar-refractivity contribution < 1.29 is 0 Å². The van der Waals surface area contributed by atoms with Crippen LogP contribution in [0.4, 0.5) is 0 Å². The molecule has 0 bridgehead atoms. The second-order valence-corrected chi connectivity index (χ2v) is 5.72. The van der Waals surface area contributed by atoms with Crippen LogP contribution >= 0.6 is 11.3 Å². The highest BCUT2D eigenvalue weighted by atomic mass is 32.1. The number of aryl methyl sites for hydroxylation is 4. The summed E-state index contributed by atoms with van der Waals surface area (Å²) in [5.74, 6) is 0. The van der Waals surface area contributed by atoms with Crippen LogP contribution in [-0.4, -0.2) is 0 Å². The second-order valence-electron chi connectivity index (χ2n) is 4.61. The van der Waals surface area contributed by atoms with E-state index in [0.29, 0.717) is 0 Å². The molecule has 0 saturated carbocycles. The zero-order chi connectivity index (χ0) is 10.4. The molecule has 0 radical (unpaired) electrons. The van der Waals surface area contributed by atoms with Gasteiger partial charge in [-0.1, -0.05) is 12.1 Å². The zero-order valence-corrected chi connectivity index (χ0v) is 10.2. The first-order valence-corrected chi connectivity index (χ1v) is 6.59. The molecule has 0 unspecified atom stereocenters. The highest BCUT2D eigenvalue weighted by Crippen LogP contribution is 2.39. The van der Waals surface area contributed by atoms with E-state index in [1.54, 1.807) is 20.5 Å². The van der Waals surface area contributed by atoms with Crippen LogP contribution in [0.25, 0.3) is 10.1 Å². The molecule has 3 rings (SSSR count). The lowest BCUT2D eigenvalue weighted by molar-refractivity contribution is 0.700. The number of thiophene rings is 1. The molecule has 0 aliphatic heterocycles. The Labute approximate surface area is 94.9 Å². The van der Waals surface area contributed by atoms with Gasteiger partial charge in [-0.2, -0.15) is 0 Å². The molecule has 1 heteroatoms. The van der Waals surface area contributed by atoms with Crippen molar-refractivity contribution >= 4 is 21.4 Å². The van der Waals surface area contributed by atoms with Gasteiger partial charge in [-0.3, -0.25) is 0 Å². The molecular formula is C14H16S. The van der Waals surface area contributed by atoms with Crippen molar-refractivity contribution in [3.05, 3.63) is 33.7 Å². The first-order valence-electron chi connectivity index (χ1n) is 5.78. The van der Waals surface area contributed by atoms with Crippen molar-refractivity contribution in [1.82, 2.24) is 0 Å². The fraction of sp³-hybridized carbons (Fsp3) is 0.429. The number of benzene rings is 1. The van der Waals surface area contributed by atoms with Crippen molar-refractivity contribution in [3.63, 3.8) is 0 Å². The van der Waals surface area contributed by atoms with Crippen LogP contribution in [-0.2, 0) is 12.8 Å². The fourth-order valence-corrected chi connectivity index (χ4v) is 4.11. The molecular weight excluding hydrogens is 200 g/mol. The van der Waals surface area contributed by atoms with E-state index < -0.39 is 0 Å². The molecule has 2 aromatic rings. The van der Waals surface area contributed by atoms with Gasteiger partial charge >= 0.3 is 0 Å². The zero-order valence-electron chi connectivity index (χ0n) is 9.39. The predicted octanol–water partition coefficient (Wildman–Crippen LogP) is 4.40. The van der Waals surface area contributed by atoms with Crippen molar-refractivity contribution in [1.29, 1.82) is 0 Å². The molecule has 78 valence electrons. The molecule has 1 aromatic carbocycles.